The van der Waals surface area contributed by atoms with Gasteiger partial charge in [-0.25, -0.2) is 14.2 Å². The van der Waals surface area contributed by atoms with Gasteiger partial charge in [0.25, 0.3) is 0 Å². The number of fused-ring (bicyclic) bond motifs is 2. The molecule has 0 spiro atoms. The number of likely N-dealkylation sites (N-methyl/N-ethyl adjacent to an activating group) is 1. The molecule has 0 radical (unpaired) electrons. The van der Waals surface area contributed by atoms with Crippen LogP contribution in [0.25, 0.3) is 22.2 Å². The highest BCUT2D eigenvalue weighted by Crippen LogP contribution is 2.39. The molecule has 0 unspecified atom stereocenters. The van der Waals surface area contributed by atoms with Gasteiger partial charge < -0.3 is 29.3 Å². The van der Waals surface area contributed by atoms with E-state index in [-0.39, 0.29) is 23.5 Å². The molecule has 2 amide bonds. The van der Waals surface area contributed by atoms with Crippen LogP contribution < -0.4 is 19.7 Å². The highest BCUT2D eigenvalue weighted by molar-refractivity contribution is 5.96. The third-order valence-electron chi connectivity index (χ3n) is 7.54. The summed E-state index contributed by atoms with van der Waals surface area (Å²) in [7, 11) is 3.11. The first-order chi connectivity index (χ1) is 19.5. The monoisotopic (exact) mass is 564 g/mol. The molecule has 3 aromatic rings. The zero-order valence-corrected chi connectivity index (χ0v) is 24.2. The molecule has 1 N–H and O–H groups in total. The largest absolute Gasteiger partial charge is 0.494 e. The van der Waals surface area contributed by atoms with Crippen molar-refractivity contribution in [1.29, 1.82) is 0 Å². The lowest BCUT2D eigenvalue weighted by Crippen LogP contribution is -2.41. The lowest BCUT2D eigenvalue weighted by Gasteiger charge is -2.24. The van der Waals surface area contributed by atoms with Gasteiger partial charge in [-0.15, -0.1) is 0 Å². The number of benzene rings is 2. The number of amides is 2. The number of carbonyl (C=O) groups excluding carboxylic acids is 2. The van der Waals surface area contributed by atoms with Crippen molar-refractivity contribution in [1.82, 2.24) is 15.2 Å². The predicted molar refractivity (Wildman–Crippen MR) is 155 cm³/mol. The van der Waals surface area contributed by atoms with Crippen LogP contribution in [0.3, 0.4) is 0 Å². The Morgan fingerprint density at radius 1 is 1.17 bits per heavy atom. The highest BCUT2D eigenvalue weighted by Gasteiger charge is 2.40. The first kappa shape index (κ1) is 28.4. The van der Waals surface area contributed by atoms with Crippen molar-refractivity contribution >= 4 is 28.6 Å². The number of piperidine rings is 1. The summed E-state index contributed by atoms with van der Waals surface area (Å²) in [4.78, 5) is 33.2. The van der Waals surface area contributed by atoms with Crippen LogP contribution >= 0.6 is 0 Å². The van der Waals surface area contributed by atoms with E-state index in [1.54, 1.807) is 13.1 Å². The standard InChI is InChI=1S/C31H37FN4O5/c1-31(2,3)41-30(38)35(4)12-13-40-21-8-6-19(7-9-21)25-15-27(22-14-24(32)28(39-5)16-26(22)34-25)36-17-20-10-11-33-29(37)23(20)18-36/h6-9,14-16,20,23H,10-13,17-18H2,1-5H3,(H,33,37)/t20-,23+/m0/s1. The third kappa shape index (κ3) is 6.31. The fourth-order valence-corrected chi connectivity index (χ4v) is 5.40. The van der Waals surface area contributed by atoms with E-state index in [4.69, 9.17) is 19.2 Å². The minimum atomic E-state index is -0.556. The highest BCUT2D eigenvalue weighted by atomic mass is 19.1. The van der Waals surface area contributed by atoms with Gasteiger partial charge in [0.05, 0.1) is 30.8 Å². The van der Waals surface area contributed by atoms with E-state index in [9.17, 15) is 14.0 Å². The minimum Gasteiger partial charge on any atom is -0.494 e. The molecule has 1 aromatic heterocycles. The third-order valence-corrected chi connectivity index (χ3v) is 7.54. The van der Waals surface area contributed by atoms with Gasteiger partial charge >= 0.3 is 6.09 Å². The van der Waals surface area contributed by atoms with Gasteiger partial charge in [-0.2, -0.15) is 0 Å². The second kappa shape index (κ2) is 11.4. The van der Waals surface area contributed by atoms with E-state index in [1.807, 2.05) is 51.1 Å². The number of pyridine rings is 1. The van der Waals surface area contributed by atoms with Crippen molar-refractivity contribution in [2.24, 2.45) is 11.8 Å². The van der Waals surface area contributed by atoms with Crippen LogP contribution in [0, 0.1) is 17.7 Å². The van der Waals surface area contributed by atoms with Gasteiger partial charge in [0, 0.05) is 49.4 Å². The van der Waals surface area contributed by atoms with E-state index in [1.165, 1.54) is 18.1 Å². The van der Waals surface area contributed by atoms with E-state index >= 15 is 0 Å². The van der Waals surface area contributed by atoms with Crippen molar-refractivity contribution in [2.45, 2.75) is 32.8 Å². The van der Waals surface area contributed by atoms with Gasteiger partial charge in [-0.05, 0) is 69.5 Å². The minimum absolute atomic E-state index is 0.0793. The maximum Gasteiger partial charge on any atom is 0.410 e. The summed E-state index contributed by atoms with van der Waals surface area (Å²) in [6.07, 6.45) is 0.531. The van der Waals surface area contributed by atoms with Crippen molar-refractivity contribution < 1.29 is 28.2 Å². The molecule has 3 heterocycles. The van der Waals surface area contributed by atoms with Crippen LogP contribution in [0.4, 0.5) is 14.9 Å². The molecule has 5 rings (SSSR count). The summed E-state index contributed by atoms with van der Waals surface area (Å²) in [5, 5.41) is 3.65. The Labute approximate surface area is 239 Å². The Bertz CT molecular complexity index is 1440. The SMILES string of the molecule is COc1cc2nc(-c3ccc(OCCN(C)C(=O)OC(C)(C)C)cc3)cc(N3C[C@@H]4CCNC(=O)[C@@H]4C3)c2cc1F. The fraction of sp³-hybridized carbons (Fsp3) is 0.452. The van der Waals surface area contributed by atoms with Crippen molar-refractivity contribution in [3.8, 4) is 22.8 Å². The lowest BCUT2D eigenvalue weighted by molar-refractivity contribution is -0.127. The Kier molecular flexibility index (Phi) is 7.93. The van der Waals surface area contributed by atoms with Gasteiger partial charge in [0.15, 0.2) is 11.6 Å². The predicted octanol–water partition coefficient (Wildman–Crippen LogP) is 4.87. The zero-order chi connectivity index (χ0) is 29.3. The van der Waals surface area contributed by atoms with Crippen LogP contribution in [-0.2, 0) is 9.53 Å². The first-order valence-electron chi connectivity index (χ1n) is 13.9. The molecule has 0 saturated carbocycles. The number of hydrogen-bond donors (Lipinski definition) is 1. The molecule has 10 heteroatoms. The number of hydrogen-bond acceptors (Lipinski definition) is 7. The maximum absolute atomic E-state index is 14.8. The van der Waals surface area contributed by atoms with Gasteiger partial charge in [-0.3, -0.25) is 4.79 Å². The Balaban J connectivity index is 1.36. The molecule has 2 aliphatic heterocycles. The summed E-state index contributed by atoms with van der Waals surface area (Å²) in [6.45, 7) is 8.17. The Morgan fingerprint density at radius 3 is 2.61 bits per heavy atom. The molecule has 0 aliphatic carbocycles. The molecule has 0 bridgehead atoms. The molecule has 9 nitrogen and oxygen atoms in total. The number of nitrogens with one attached hydrogen (secondary N) is 1. The van der Waals surface area contributed by atoms with E-state index in [2.05, 4.69) is 10.2 Å². The van der Waals surface area contributed by atoms with Crippen LogP contribution in [-0.4, -0.2) is 74.4 Å². The maximum atomic E-state index is 14.8. The molecule has 2 aliphatic rings. The molecule has 2 aromatic carbocycles. The number of anilines is 1. The molecule has 218 valence electrons. The number of nitrogens with zero attached hydrogens (tertiary/aromatic N) is 3. The van der Waals surface area contributed by atoms with Gasteiger partial charge in [0.1, 0.15) is 18.0 Å². The second-order valence-electron chi connectivity index (χ2n) is 11.7. The number of halogens is 1. The van der Waals surface area contributed by atoms with Crippen molar-refractivity contribution in [3.63, 3.8) is 0 Å². The van der Waals surface area contributed by atoms with E-state index < -0.39 is 17.5 Å². The van der Waals surface area contributed by atoms with Gasteiger partial charge in [0.2, 0.25) is 5.91 Å². The molecule has 2 saturated heterocycles. The first-order valence-corrected chi connectivity index (χ1v) is 13.9. The summed E-state index contributed by atoms with van der Waals surface area (Å²) in [6, 6.07) is 12.6. The second-order valence-corrected chi connectivity index (χ2v) is 11.7. The lowest BCUT2D eigenvalue weighted by atomic mass is 9.89. The Morgan fingerprint density at radius 2 is 1.93 bits per heavy atom. The average Bonchev–Trinajstić information content (AvgIpc) is 3.37. The van der Waals surface area contributed by atoms with E-state index in [0.717, 1.165) is 29.9 Å². The Hall–Kier alpha value is -4.08. The molecule has 41 heavy (non-hydrogen) atoms. The number of carbonyl (C=O) groups is 2. The summed E-state index contributed by atoms with van der Waals surface area (Å²) >= 11 is 0. The molecular formula is C31H37FN4O5. The van der Waals surface area contributed by atoms with Crippen molar-refractivity contribution in [3.05, 3.63) is 48.3 Å². The smallest absolute Gasteiger partial charge is 0.410 e. The number of ether oxygens (including phenoxy) is 3. The van der Waals surface area contributed by atoms with Crippen LogP contribution in [0.15, 0.2) is 42.5 Å². The summed E-state index contributed by atoms with van der Waals surface area (Å²) in [5.74, 6) is 0.606. The van der Waals surface area contributed by atoms with Crippen LogP contribution in [0.2, 0.25) is 0 Å². The fourth-order valence-electron chi connectivity index (χ4n) is 5.40. The van der Waals surface area contributed by atoms with Gasteiger partial charge in [-0.1, -0.05) is 0 Å². The zero-order valence-electron chi connectivity index (χ0n) is 24.2. The molecular weight excluding hydrogens is 527 g/mol. The van der Waals surface area contributed by atoms with Crippen molar-refractivity contribution in [2.75, 3.05) is 51.8 Å². The average molecular weight is 565 g/mol. The normalized spacial score (nSPS) is 18.6. The topological polar surface area (TPSA) is 93.2 Å². The van der Waals surface area contributed by atoms with Crippen LogP contribution in [0.1, 0.15) is 27.2 Å². The van der Waals surface area contributed by atoms with Crippen LogP contribution in [0.5, 0.6) is 11.5 Å². The molecule has 2 atom stereocenters. The summed E-state index contributed by atoms with van der Waals surface area (Å²) in [5.41, 5.74) is 2.49. The number of rotatable bonds is 7. The van der Waals surface area contributed by atoms with E-state index in [0.29, 0.717) is 42.9 Å². The molecule has 2 fully saturated rings. The summed E-state index contributed by atoms with van der Waals surface area (Å²) < 4.78 is 31.3. The number of methoxy groups -OCH3 is 1. The quantitative estimate of drug-likeness (QED) is 0.438. The number of aromatic nitrogens is 1.